The van der Waals surface area contributed by atoms with Crippen LogP contribution in [0.5, 0.6) is 0 Å². The van der Waals surface area contributed by atoms with Crippen LogP contribution in [0, 0.1) is 12.8 Å². The van der Waals surface area contributed by atoms with E-state index in [0.717, 1.165) is 23.1 Å². The van der Waals surface area contributed by atoms with Crippen LogP contribution in [0.4, 0.5) is 0 Å². The summed E-state index contributed by atoms with van der Waals surface area (Å²) in [5.74, 6) is 1.79. The molecule has 1 atom stereocenters. The van der Waals surface area contributed by atoms with Gasteiger partial charge < -0.3 is 9.88 Å². The first-order valence-electron chi connectivity index (χ1n) is 10.1. The highest BCUT2D eigenvalue weighted by atomic mass is 32.2. The summed E-state index contributed by atoms with van der Waals surface area (Å²) in [6.45, 7) is 4.91. The van der Waals surface area contributed by atoms with E-state index in [9.17, 15) is 4.79 Å². The monoisotopic (exact) mass is 406 g/mol. The number of hydrogen-bond acceptors (Lipinski definition) is 4. The van der Waals surface area contributed by atoms with E-state index in [-0.39, 0.29) is 11.9 Å². The summed E-state index contributed by atoms with van der Waals surface area (Å²) in [6.07, 6.45) is 2.36. The van der Waals surface area contributed by atoms with E-state index in [1.54, 1.807) is 0 Å². The van der Waals surface area contributed by atoms with E-state index in [0.29, 0.717) is 11.7 Å². The van der Waals surface area contributed by atoms with E-state index < -0.39 is 0 Å². The van der Waals surface area contributed by atoms with Crippen molar-refractivity contribution in [3.8, 4) is 11.4 Å². The fourth-order valence-electron chi connectivity index (χ4n) is 3.61. The summed E-state index contributed by atoms with van der Waals surface area (Å²) < 4.78 is 2.08. The highest BCUT2D eigenvalue weighted by molar-refractivity contribution is 7.99. The van der Waals surface area contributed by atoms with Crippen molar-refractivity contribution in [2.75, 3.05) is 5.75 Å². The molecule has 29 heavy (non-hydrogen) atoms. The Labute approximate surface area is 175 Å². The number of benzene rings is 2. The van der Waals surface area contributed by atoms with Crippen molar-refractivity contribution in [3.63, 3.8) is 0 Å². The van der Waals surface area contributed by atoms with Gasteiger partial charge in [0.25, 0.3) is 0 Å². The van der Waals surface area contributed by atoms with Crippen molar-refractivity contribution in [3.05, 3.63) is 65.7 Å². The molecular weight excluding hydrogens is 380 g/mol. The molecular formula is C23H26N4OS. The summed E-state index contributed by atoms with van der Waals surface area (Å²) in [5, 5.41) is 12.8. The second-order valence-corrected chi connectivity index (χ2v) is 8.39. The second kappa shape index (κ2) is 8.82. The van der Waals surface area contributed by atoms with Crippen molar-refractivity contribution in [1.82, 2.24) is 20.1 Å². The zero-order valence-electron chi connectivity index (χ0n) is 16.8. The first-order valence-corrected chi connectivity index (χ1v) is 11.1. The molecule has 1 aliphatic carbocycles. The molecule has 1 amide bonds. The van der Waals surface area contributed by atoms with Crippen LogP contribution in [-0.4, -0.2) is 26.4 Å². The number of nitrogens with one attached hydrogen (secondary N) is 1. The molecule has 1 N–H and O–H groups in total. The Morgan fingerprint density at radius 1 is 1.14 bits per heavy atom. The van der Waals surface area contributed by atoms with E-state index in [4.69, 9.17) is 0 Å². The molecule has 4 rings (SSSR count). The Bertz CT molecular complexity index is 982. The summed E-state index contributed by atoms with van der Waals surface area (Å²) >= 11 is 1.45. The van der Waals surface area contributed by atoms with E-state index in [2.05, 4.69) is 58.2 Å². The quantitative estimate of drug-likeness (QED) is 0.554. The van der Waals surface area contributed by atoms with Gasteiger partial charge in [-0.25, -0.2) is 0 Å². The van der Waals surface area contributed by atoms with Crippen LogP contribution >= 0.6 is 11.8 Å². The Morgan fingerprint density at radius 3 is 2.55 bits per heavy atom. The number of rotatable bonds is 8. The van der Waals surface area contributed by atoms with E-state index in [1.165, 1.54) is 35.7 Å². The molecule has 150 valence electrons. The predicted octanol–water partition coefficient (Wildman–Crippen LogP) is 4.63. The van der Waals surface area contributed by atoms with Gasteiger partial charge in [0.05, 0.1) is 11.8 Å². The molecule has 1 aromatic heterocycles. The van der Waals surface area contributed by atoms with Gasteiger partial charge in [-0.15, -0.1) is 10.2 Å². The molecule has 6 heteroatoms. The van der Waals surface area contributed by atoms with Gasteiger partial charge in [-0.1, -0.05) is 66.4 Å². The van der Waals surface area contributed by atoms with Crippen LogP contribution in [0.2, 0.25) is 0 Å². The normalized spacial score (nSPS) is 14.6. The van der Waals surface area contributed by atoms with Crippen molar-refractivity contribution in [2.24, 2.45) is 5.92 Å². The van der Waals surface area contributed by atoms with Crippen molar-refractivity contribution >= 4 is 17.7 Å². The predicted molar refractivity (Wildman–Crippen MR) is 117 cm³/mol. The average molecular weight is 407 g/mol. The molecule has 1 aliphatic rings. The maximum atomic E-state index is 12.7. The lowest BCUT2D eigenvalue weighted by molar-refractivity contribution is -0.119. The summed E-state index contributed by atoms with van der Waals surface area (Å²) in [7, 11) is 0. The summed E-state index contributed by atoms with van der Waals surface area (Å²) in [6, 6.07) is 18.5. The fraction of sp³-hybridized carbons (Fsp3) is 0.348. The number of amides is 1. The number of aryl methyl sites for hydroxylation is 1. The molecule has 1 saturated carbocycles. The lowest BCUT2D eigenvalue weighted by Crippen LogP contribution is -2.31. The first-order chi connectivity index (χ1) is 14.2. The molecule has 0 spiro atoms. The summed E-state index contributed by atoms with van der Waals surface area (Å²) in [4.78, 5) is 12.7. The minimum absolute atomic E-state index is 0.0406. The lowest BCUT2D eigenvalue weighted by Gasteiger charge is -2.18. The molecule has 1 fully saturated rings. The lowest BCUT2D eigenvalue weighted by atomic mass is 10.0. The first kappa shape index (κ1) is 19.7. The van der Waals surface area contributed by atoms with Crippen LogP contribution in [-0.2, 0) is 11.3 Å². The Balaban J connectivity index is 1.44. The molecule has 5 nitrogen and oxygen atoms in total. The van der Waals surface area contributed by atoms with Gasteiger partial charge in [-0.3, -0.25) is 4.79 Å². The number of aromatic nitrogens is 3. The van der Waals surface area contributed by atoms with Gasteiger partial charge in [-0.05, 0) is 43.7 Å². The zero-order chi connectivity index (χ0) is 20.2. The number of hydrogen-bond donors (Lipinski definition) is 1. The Kier molecular flexibility index (Phi) is 6.00. The van der Waals surface area contributed by atoms with Crippen molar-refractivity contribution in [2.45, 2.75) is 44.4 Å². The summed E-state index contributed by atoms with van der Waals surface area (Å²) in [5.41, 5.74) is 3.43. The molecule has 1 unspecified atom stereocenters. The van der Waals surface area contributed by atoms with Gasteiger partial charge >= 0.3 is 0 Å². The highest BCUT2D eigenvalue weighted by Gasteiger charge is 2.33. The van der Waals surface area contributed by atoms with Gasteiger partial charge in [-0.2, -0.15) is 0 Å². The SMILES string of the molecule is CCn1c(SCC(=O)NC(c2ccccc2)C2CC2)nnc1-c1ccccc1C. The third-order valence-corrected chi connectivity index (χ3v) is 6.29. The van der Waals surface area contributed by atoms with Gasteiger partial charge in [0.1, 0.15) is 0 Å². The largest absolute Gasteiger partial charge is 0.348 e. The van der Waals surface area contributed by atoms with Gasteiger partial charge in [0.15, 0.2) is 11.0 Å². The van der Waals surface area contributed by atoms with Crippen LogP contribution < -0.4 is 5.32 Å². The maximum Gasteiger partial charge on any atom is 0.230 e. The number of nitrogens with zero attached hydrogens (tertiary/aromatic N) is 3. The van der Waals surface area contributed by atoms with Crippen LogP contribution in [0.25, 0.3) is 11.4 Å². The zero-order valence-corrected chi connectivity index (χ0v) is 17.7. The number of carbonyl (C=O) groups excluding carboxylic acids is 1. The molecule has 3 aromatic rings. The minimum atomic E-state index is 0.0406. The smallest absolute Gasteiger partial charge is 0.230 e. The average Bonchev–Trinajstić information content (AvgIpc) is 3.51. The molecule has 0 aliphatic heterocycles. The topological polar surface area (TPSA) is 59.8 Å². The molecule has 0 bridgehead atoms. The fourth-order valence-corrected chi connectivity index (χ4v) is 4.43. The van der Waals surface area contributed by atoms with E-state index in [1.807, 2.05) is 30.3 Å². The van der Waals surface area contributed by atoms with Crippen LogP contribution in [0.1, 0.15) is 36.9 Å². The van der Waals surface area contributed by atoms with Crippen LogP contribution in [0.3, 0.4) is 0 Å². The standard InChI is InChI=1S/C23H26N4OS/c1-3-27-22(19-12-8-7-9-16(19)2)25-26-23(27)29-15-20(28)24-21(18-13-14-18)17-10-5-4-6-11-17/h4-12,18,21H,3,13-15H2,1-2H3,(H,24,28). The Morgan fingerprint density at radius 2 is 1.86 bits per heavy atom. The second-order valence-electron chi connectivity index (χ2n) is 7.45. The Hall–Kier alpha value is -2.60. The van der Waals surface area contributed by atoms with Gasteiger partial charge in [0, 0.05) is 12.1 Å². The van der Waals surface area contributed by atoms with E-state index >= 15 is 0 Å². The van der Waals surface area contributed by atoms with Crippen molar-refractivity contribution < 1.29 is 4.79 Å². The third kappa shape index (κ3) is 4.53. The molecule has 2 aromatic carbocycles. The molecule has 0 radical (unpaired) electrons. The van der Waals surface area contributed by atoms with Crippen LogP contribution in [0.15, 0.2) is 59.8 Å². The minimum Gasteiger partial charge on any atom is -0.348 e. The van der Waals surface area contributed by atoms with Gasteiger partial charge in [0.2, 0.25) is 5.91 Å². The molecule has 0 saturated heterocycles. The highest BCUT2D eigenvalue weighted by Crippen LogP contribution is 2.41. The molecule has 1 heterocycles. The van der Waals surface area contributed by atoms with Crippen molar-refractivity contribution in [1.29, 1.82) is 0 Å². The number of thioether (sulfide) groups is 1. The maximum absolute atomic E-state index is 12.7. The third-order valence-electron chi connectivity index (χ3n) is 5.32. The number of carbonyl (C=O) groups is 1.